The third kappa shape index (κ3) is 26.0. The van der Waals surface area contributed by atoms with Crippen molar-refractivity contribution in [1.82, 2.24) is 5.32 Å². The van der Waals surface area contributed by atoms with Crippen LogP contribution in [0.2, 0.25) is 0 Å². The highest BCUT2D eigenvalue weighted by Gasteiger charge is 2.53. The van der Waals surface area contributed by atoms with E-state index < -0.39 is 124 Å². The van der Waals surface area contributed by atoms with Gasteiger partial charge in [0.1, 0.15) is 73.2 Å². The summed E-state index contributed by atoms with van der Waals surface area (Å²) in [5.41, 5.74) is 0. The summed E-state index contributed by atoms with van der Waals surface area (Å²) in [5.74, 6) is -0.323. The number of carbonyl (C=O) groups is 1. The number of allylic oxidation sites excluding steroid dienone is 11. The van der Waals surface area contributed by atoms with Crippen molar-refractivity contribution < 1.29 is 89.4 Å². The zero-order valence-electron chi connectivity index (χ0n) is 46.6. The lowest BCUT2D eigenvalue weighted by Crippen LogP contribution is -2.66. The molecular weight excluding hydrogens is 1010 g/mol. The zero-order chi connectivity index (χ0) is 56.9. The molecule has 450 valence electrons. The van der Waals surface area contributed by atoms with E-state index in [1.54, 1.807) is 6.08 Å². The monoisotopic (exact) mass is 1110 g/mol. The summed E-state index contributed by atoms with van der Waals surface area (Å²) in [4.78, 5) is 13.3. The highest BCUT2D eigenvalue weighted by Crippen LogP contribution is 2.33. The molecule has 0 saturated carbocycles. The maximum absolute atomic E-state index is 13.3. The Morgan fingerprint density at radius 3 is 1.44 bits per heavy atom. The summed E-state index contributed by atoms with van der Waals surface area (Å²) >= 11 is 0. The van der Waals surface area contributed by atoms with Gasteiger partial charge in [0.25, 0.3) is 0 Å². The topological polar surface area (TPSA) is 307 Å². The van der Waals surface area contributed by atoms with Gasteiger partial charge in [-0.05, 0) is 77.0 Å². The fraction of sp³-hybridized carbons (Fsp3) is 0.780. The van der Waals surface area contributed by atoms with Crippen molar-refractivity contribution in [3.05, 3.63) is 72.9 Å². The summed E-state index contributed by atoms with van der Waals surface area (Å²) in [6.45, 7) is 1.52. The quantitative estimate of drug-likeness (QED) is 0.0293. The van der Waals surface area contributed by atoms with Gasteiger partial charge in [0.2, 0.25) is 5.91 Å². The Morgan fingerprint density at radius 1 is 0.474 bits per heavy atom. The Kier molecular flexibility index (Phi) is 37.5. The maximum atomic E-state index is 13.3. The van der Waals surface area contributed by atoms with E-state index in [0.29, 0.717) is 12.8 Å². The van der Waals surface area contributed by atoms with Crippen molar-refractivity contribution >= 4 is 5.91 Å². The number of carbonyl (C=O) groups excluding carboxylic acids is 1. The molecule has 3 fully saturated rings. The van der Waals surface area contributed by atoms with Crippen LogP contribution in [-0.2, 0) is 33.2 Å². The molecule has 19 heteroatoms. The van der Waals surface area contributed by atoms with Crippen LogP contribution in [0.4, 0.5) is 0 Å². The van der Waals surface area contributed by atoms with Gasteiger partial charge in [-0.2, -0.15) is 0 Å². The van der Waals surface area contributed by atoms with Crippen molar-refractivity contribution in [1.29, 1.82) is 0 Å². The van der Waals surface area contributed by atoms with Gasteiger partial charge in [0.15, 0.2) is 18.9 Å². The van der Waals surface area contributed by atoms with E-state index in [2.05, 4.69) is 79.9 Å². The first-order valence-electron chi connectivity index (χ1n) is 29.2. The number of hydrogen-bond donors (Lipinski definition) is 12. The van der Waals surface area contributed by atoms with Crippen molar-refractivity contribution in [2.45, 2.75) is 266 Å². The van der Waals surface area contributed by atoms with Crippen LogP contribution >= 0.6 is 0 Å². The SMILES string of the molecule is CC/C=C\C/C=C\C/C=C\CCCCCC(=O)NC(COC1OC(CO)C(OC2OC(CO)C(OC3OC(CO)C(O)C(O)C3O)C(O)C2O)C(O)C1O)C(O)/C=C/CC/C=C/CC/C=C/CCCCCCCCCCCC. The molecule has 0 aromatic heterocycles. The minimum atomic E-state index is -1.99. The van der Waals surface area contributed by atoms with E-state index in [-0.39, 0.29) is 18.9 Å². The van der Waals surface area contributed by atoms with Crippen molar-refractivity contribution in [2.24, 2.45) is 0 Å². The molecule has 17 unspecified atom stereocenters. The van der Waals surface area contributed by atoms with Gasteiger partial charge in [-0.15, -0.1) is 0 Å². The molecule has 17 atom stereocenters. The van der Waals surface area contributed by atoms with E-state index in [0.717, 1.165) is 64.2 Å². The maximum Gasteiger partial charge on any atom is 0.220 e. The lowest BCUT2D eigenvalue weighted by atomic mass is 9.96. The third-order valence-corrected chi connectivity index (χ3v) is 14.2. The average molecular weight is 1110 g/mol. The Labute approximate surface area is 464 Å². The van der Waals surface area contributed by atoms with Crippen LogP contribution in [0.15, 0.2) is 72.9 Å². The molecule has 3 aliphatic heterocycles. The molecule has 78 heavy (non-hydrogen) atoms. The molecule has 19 nitrogen and oxygen atoms in total. The largest absolute Gasteiger partial charge is 0.394 e. The molecule has 3 saturated heterocycles. The normalized spacial score (nSPS) is 31.0. The number of amides is 1. The lowest BCUT2D eigenvalue weighted by molar-refractivity contribution is -0.379. The van der Waals surface area contributed by atoms with Gasteiger partial charge in [-0.25, -0.2) is 0 Å². The fourth-order valence-electron chi connectivity index (χ4n) is 9.41. The first-order valence-corrected chi connectivity index (χ1v) is 29.2. The number of hydrogen-bond acceptors (Lipinski definition) is 18. The van der Waals surface area contributed by atoms with Crippen LogP contribution in [0.3, 0.4) is 0 Å². The van der Waals surface area contributed by atoms with Crippen LogP contribution in [0.5, 0.6) is 0 Å². The van der Waals surface area contributed by atoms with Gasteiger partial charge >= 0.3 is 0 Å². The third-order valence-electron chi connectivity index (χ3n) is 14.2. The van der Waals surface area contributed by atoms with E-state index in [9.17, 15) is 61.0 Å². The number of aliphatic hydroxyl groups excluding tert-OH is 11. The van der Waals surface area contributed by atoms with Gasteiger partial charge in [0, 0.05) is 6.42 Å². The second-order valence-electron chi connectivity index (χ2n) is 20.7. The fourth-order valence-corrected chi connectivity index (χ4v) is 9.41. The molecule has 3 heterocycles. The van der Waals surface area contributed by atoms with Crippen molar-refractivity contribution in [2.75, 3.05) is 26.4 Å². The summed E-state index contributed by atoms with van der Waals surface area (Å²) in [6, 6.07) is -1.01. The number of aliphatic hydroxyl groups is 11. The second kappa shape index (κ2) is 42.1. The van der Waals surface area contributed by atoms with Crippen LogP contribution in [0.25, 0.3) is 0 Å². The van der Waals surface area contributed by atoms with Crippen molar-refractivity contribution in [3.63, 3.8) is 0 Å². The van der Waals surface area contributed by atoms with Crippen LogP contribution in [0.1, 0.15) is 162 Å². The van der Waals surface area contributed by atoms with Crippen LogP contribution < -0.4 is 5.32 Å². The molecule has 3 rings (SSSR count). The van der Waals surface area contributed by atoms with Gasteiger partial charge in [0.05, 0.1) is 38.6 Å². The Bertz CT molecular complexity index is 1710. The van der Waals surface area contributed by atoms with E-state index in [1.807, 2.05) is 6.08 Å². The van der Waals surface area contributed by atoms with Crippen molar-refractivity contribution in [3.8, 4) is 0 Å². The number of nitrogens with one attached hydrogen (secondary N) is 1. The molecule has 0 aromatic rings. The summed E-state index contributed by atoms with van der Waals surface area (Å²) in [6.07, 6.45) is 21.8. The Balaban J connectivity index is 1.54. The zero-order valence-corrected chi connectivity index (χ0v) is 46.6. The number of rotatable bonds is 41. The summed E-state index contributed by atoms with van der Waals surface area (Å²) in [5, 5.41) is 120. The minimum absolute atomic E-state index is 0.193. The summed E-state index contributed by atoms with van der Waals surface area (Å²) < 4.78 is 34.1. The smallest absolute Gasteiger partial charge is 0.220 e. The molecule has 0 spiro atoms. The highest BCUT2D eigenvalue weighted by molar-refractivity contribution is 5.76. The number of ether oxygens (including phenoxy) is 6. The van der Waals surface area contributed by atoms with E-state index in [4.69, 9.17) is 28.4 Å². The standard InChI is InChI=1S/C59H101NO18/c1-3-5-7-9-11-13-15-17-18-19-20-21-22-23-25-26-28-30-32-34-36-43(64)42(60-47(65)37-35-33-31-29-27-24-16-14-12-10-8-6-4-2)41-73-57-53(71)50(68)55(45(39-62)75-57)78-59-54(72)51(69)56(46(40-63)76-59)77-58-52(70)49(67)48(66)44(38-61)74-58/h6,8,12,14,21-22,24,26-28,34,36,42-46,48-59,61-64,66-72H,3-5,7,9-11,13,15-20,23,25,29-33,35,37-41H2,1-2H3,(H,60,65)/b8-6-,14-12-,22-21+,27-24-,28-26+,36-34+. The second-order valence-corrected chi connectivity index (χ2v) is 20.7. The first-order chi connectivity index (χ1) is 37.8. The van der Waals surface area contributed by atoms with Gasteiger partial charge in [-0.3, -0.25) is 4.79 Å². The van der Waals surface area contributed by atoms with Gasteiger partial charge < -0.3 is 89.9 Å². The molecule has 0 bridgehead atoms. The Hall–Kier alpha value is -2.77. The molecule has 12 N–H and O–H groups in total. The molecule has 1 amide bonds. The molecule has 0 aliphatic carbocycles. The minimum Gasteiger partial charge on any atom is -0.394 e. The number of unbranched alkanes of at least 4 members (excludes halogenated alkanes) is 15. The molecule has 0 radical (unpaired) electrons. The van der Waals surface area contributed by atoms with Crippen LogP contribution in [-0.4, -0.2) is 193 Å². The molecule has 3 aliphatic rings. The predicted molar refractivity (Wildman–Crippen MR) is 295 cm³/mol. The molecular formula is C59H101NO18. The van der Waals surface area contributed by atoms with Crippen LogP contribution in [0, 0.1) is 0 Å². The first kappa shape index (κ1) is 69.5. The van der Waals surface area contributed by atoms with E-state index >= 15 is 0 Å². The van der Waals surface area contributed by atoms with E-state index in [1.165, 1.54) is 64.2 Å². The predicted octanol–water partition coefficient (Wildman–Crippen LogP) is 4.65. The lowest BCUT2D eigenvalue weighted by Gasteiger charge is -2.48. The average Bonchev–Trinajstić information content (AvgIpc) is 3.43. The highest BCUT2D eigenvalue weighted by atomic mass is 16.8. The molecule has 0 aromatic carbocycles. The van der Waals surface area contributed by atoms with Gasteiger partial charge in [-0.1, -0.05) is 151 Å². The summed E-state index contributed by atoms with van der Waals surface area (Å²) in [7, 11) is 0. The Morgan fingerprint density at radius 2 is 0.897 bits per heavy atom.